The lowest BCUT2D eigenvalue weighted by Crippen LogP contribution is -2.08. The molecule has 3 aromatic rings. The highest BCUT2D eigenvalue weighted by Gasteiger charge is 2.12. The number of nitrogens with zero attached hydrogens (tertiary/aromatic N) is 2. The number of nitrogen functional groups attached to an aromatic ring is 1. The fourth-order valence-corrected chi connectivity index (χ4v) is 2.63. The number of anilines is 1. The van der Waals surface area contributed by atoms with Gasteiger partial charge in [-0.25, -0.2) is 9.78 Å². The second kappa shape index (κ2) is 4.97. The maximum Gasteiger partial charge on any atom is 0.340 e. The number of nitrogens with two attached hydrogens (primary N) is 1. The van der Waals surface area contributed by atoms with Crippen molar-refractivity contribution in [3.8, 4) is 0 Å². The summed E-state index contributed by atoms with van der Waals surface area (Å²) in [4.78, 5) is 17.2. The van der Waals surface area contributed by atoms with Gasteiger partial charge in [-0.2, -0.15) is 0 Å². The molecule has 6 heteroatoms. The highest BCUT2D eigenvalue weighted by molar-refractivity contribution is 7.15. The van der Waals surface area contributed by atoms with Crippen molar-refractivity contribution in [2.45, 2.75) is 13.5 Å². The van der Waals surface area contributed by atoms with E-state index in [4.69, 9.17) is 10.5 Å². The van der Waals surface area contributed by atoms with E-state index in [2.05, 4.69) is 4.98 Å². The molecule has 102 valence electrons. The summed E-state index contributed by atoms with van der Waals surface area (Å²) in [5.41, 5.74) is 8.29. The summed E-state index contributed by atoms with van der Waals surface area (Å²) in [5.74, 6) is -0.428. The lowest BCUT2D eigenvalue weighted by atomic mass is 10.1. The molecule has 0 fully saturated rings. The van der Waals surface area contributed by atoms with Crippen LogP contribution in [0.15, 0.2) is 36.0 Å². The standard InChI is InChI=1S/C14H13N3O2S/c1-9-2-3-12(15)11(6-9)13(18)19-8-10-7-17-4-5-20-14(17)16-10/h2-7H,8,15H2,1H3. The molecule has 0 aliphatic rings. The van der Waals surface area contributed by atoms with Crippen LogP contribution in [0.4, 0.5) is 5.69 Å². The van der Waals surface area contributed by atoms with Crippen LogP contribution in [0.2, 0.25) is 0 Å². The van der Waals surface area contributed by atoms with Gasteiger partial charge < -0.3 is 10.5 Å². The van der Waals surface area contributed by atoms with Crippen LogP contribution >= 0.6 is 11.3 Å². The van der Waals surface area contributed by atoms with E-state index in [1.807, 2.05) is 35.2 Å². The van der Waals surface area contributed by atoms with Crippen molar-refractivity contribution in [3.63, 3.8) is 0 Å². The van der Waals surface area contributed by atoms with E-state index in [1.165, 1.54) is 11.3 Å². The van der Waals surface area contributed by atoms with Gasteiger partial charge in [0, 0.05) is 23.5 Å². The maximum atomic E-state index is 12.0. The number of hydrogen-bond donors (Lipinski definition) is 1. The summed E-state index contributed by atoms with van der Waals surface area (Å²) in [5, 5.41) is 1.95. The first kappa shape index (κ1) is 12.7. The molecule has 2 heterocycles. The predicted molar refractivity (Wildman–Crippen MR) is 77.8 cm³/mol. The lowest BCUT2D eigenvalue weighted by molar-refractivity contribution is 0.0469. The highest BCUT2D eigenvalue weighted by Crippen LogP contribution is 2.16. The normalized spacial score (nSPS) is 10.8. The molecule has 0 unspecified atom stereocenters. The summed E-state index contributed by atoms with van der Waals surface area (Å²) in [6, 6.07) is 5.29. The molecular formula is C14H13N3O2S. The Kier molecular flexibility index (Phi) is 3.15. The van der Waals surface area contributed by atoms with Crippen LogP contribution in [0.25, 0.3) is 4.96 Å². The molecule has 2 aromatic heterocycles. The Balaban J connectivity index is 1.73. The van der Waals surface area contributed by atoms with E-state index in [1.54, 1.807) is 12.1 Å². The Morgan fingerprint density at radius 2 is 2.35 bits per heavy atom. The van der Waals surface area contributed by atoms with E-state index in [0.29, 0.717) is 11.3 Å². The van der Waals surface area contributed by atoms with Gasteiger partial charge in [0.25, 0.3) is 0 Å². The van der Waals surface area contributed by atoms with Gasteiger partial charge >= 0.3 is 5.97 Å². The first-order chi connectivity index (χ1) is 9.63. The molecule has 20 heavy (non-hydrogen) atoms. The Hall–Kier alpha value is -2.34. The van der Waals surface area contributed by atoms with E-state index in [9.17, 15) is 4.79 Å². The fourth-order valence-electron chi connectivity index (χ4n) is 1.91. The van der Waals surface area contributed by atoms with Crippen molar-refractivity contribution in [3.05, 3.63) is 52.8 Å². The average molecular weight is 287 g/mol. The molecule has 3 rings (SSSR count). The van der Waals surface area contributed by atoms with Crippen molar-refractivity contribution in [1.82, 2.24) is 9.38 Å². The van der Waals surface area contributed by atoms with Gasteiger partial charge in [0.1, 0.15) is 6.61 Å². The number of aryl methyl sites for hydroxylation is 1. The summed E-state index contributed by atoms with van der Waals surface area (Å²) in [7, 11) is 0. The smallest absolute Gasteiger partial charge is 0.340 e. The van der Waals surface area contributed by atoms with Gasteiger partial charge in [-0.3, -0.25) is 4.40 Å². The molecule has 0 radical (unpaired) electrons. The summed E-state index contributed by atoms with van der Waals surface area (Å²) in [6.45, 7) is 2.04. The van der Waals surface area contributed by atoms with Crippen LogP contribution in [0.3, 0.4) is 0 Å². The topological polar surface area (TPSA) is 69.6 Å². The molecular weight excluding hydrogens is 274 g/mol. The molecule has 2 N–H and O–H groups in total. The zero-order chi connectivity index (χ0) is 14.1. The number of carbonyl (C=O) groups is 1. The second-order valence-corrected chi connectivity index (χ2v) is 5.36. The molecule has 1 aromatic carbocycles. The van der Waals surface area contributed by atoms with Crippen molar-refractivity contribution in [2.24, 2.45) is 0 Å². The Morgan fingerprint density at radius 3 is 3.15 bits per heavy atom. The van der Waals surface area contributed by atoms with Crippen LogP contribution in [0.5, 0.6) is 0 Å². The van der Waals surface area contributed by atoms with Crippen LogP contribution < -0.4 is 5.73 Å². The van der Waals surface area contributed by atoms with Gasteiger partial charge in [-0.15, -0.1) is 11.3 Å². The van der Waals surface area contributed by atoms with Crippen molar-refractivity contribution in [2.75, 3.05) is 5.73 Å². The van der Waals surface area contributed by atoms with E-state index >= 15 is 0 Å². The minimum absolute atomic E-state index is 0.139. The van der Waals surface area contributed by atoms with Gasteiger partial charge in [0.2, 0.25) is 0 Å². The first-order valence-electron chi connectivity index (χ1n) is 6.08. The summed E-state index contributed by atoms with van der Waals surface area (Å²) in [6.07, 6.45) is 3.76. The molecule has 0 atom stereocenters. The number of thiazole rings is 1. The third-order valence-electron chi connectivity index (χ3n) is 2.92. The number of carbonyl (C=O) groups excluding carboxylic acids is 1. The Bertz CT molecular complexity index is 747. The quantitative estimate of drug-likeness (QED) is 0.594. The van der Waals surface area contributed by atoms with Crippen LogP contribution in [-0.4, -0.2) is 15.4 Å². The number of benzene rings is 1. The molecule has 5 nitrogen and oxygen atoms in total. The van der Waals surface area contributed by atoms with E-state index in [-0.39, 0.29) is 6.61 Å². The number of esters is 1. The number of aromatic nitrogens is 2. The average Bonchev–Trinajstić information content (AvgIpc) is 2.99. The number of fused-ring (bicyclic) bond motifs is 1. The highest BCUT2D eigenvalue weighted by atomic mass is 32.1. The van der Waals surface area contributed by atoms with Crippen LogP contribution in [-0.2, 0) is 11.3 Å². The van der Waals surface area contributed by atoms with Crippen LogP contribution in [0.1, 0.15) is 21.6 Å². The van der Waals surface area contributed by atoms with E-state index < -0.39 is 5.97 Å². The SMILES string of the molecule is Cc1ccc(N)c(C(=O)OCc2cn3ccsc3n2)c1. The molecule has 0 saturated heterocycles. The number of rotatable bonds is 3. The number of imidazole rings is 1. The molecule has 0 amide bonds. The summed E-state index contributed by atoms with van der Waals surface area (Å²) >= 11 is 1.53. The maximum absolute atomic E-state index is 12.0. The van der Waals surface area contributed by atoms with Gasteiger partial charge in [-0.05, 0) is 19.1 Å². The molecule has 0 spiro atoms. The monoisotopic (exact) mass is 287 g/mol. The minimum Gasteiger partial charge on any atom is -0.455 e. The fraction of sp³-hybridized carbons (Fsp3) is 0.143. The zero-order valence-corrected chi connectivity index (χ0v) is 11.7. The molecule has 0 bridgehead atoms. The van der Waals surface area contributed by atoms with Gasteiger partial charge in [-0.1, -0.05) is 11.6 Å². The third-order valence-corrected chi connectivity index (χ3v) is 3.69. The number of ether oxygens (including phenoxy) is 1. The minimum atomic E-state index is -0.428. The zero-order valence-electron chi connectivity index (χ0n) is 10.9. The largest absolute Gasteiger partial charge is 0.455 e. The number of hydrogen-bond acceptors (Lipinski definition) is 5. The van der Waals surface area contributed by atoms with Crippen molar-refractivity contribution in [1.29, 1.82) is 0 Å². The Morgan fingerprint density at radius 1 is 1.50 bits per heavy atom. The predicted octanol–water partition coefficient (Wildman–Crippen LogP) is 2.64. The van der Waals surface area contributed by atoms with Crippen molar-refractivity contribution < 1.29 is 9.53 Å². The van der Waals surface area contributed by atoms with Gasteiger partial charge in [0.05, 0.1) is 11.3 Å². The summed E-state index contributed by atoms with van der Waals surface area (Å²) < 4.78 is 7.16. The van der Waals surface area contributed by atoms with Crippen LogP contribution in [0, 0.1) is 6.92 Å². The second-order valence-electron chi connectivity index (χ2n) is 4.49. The first-order valence-corrected chi connectivity index (χ1v) is 6.96. The van der Waals surface area contributed by atoms with Crippen molar-refractivity contribution >= 4 is 28.0 Å². The van der Waals surface area contributed by atoms with Gasteiger partial charge in [0.15, 0.2) is 4.96 Å². The molecule has 0 saturated carbocycles. The molecule has 0 aliphatic carbocycles. The third kappa shape index (κ3) is 2.37. The lowest BCUT2D eigenvalue weighted by Gasteiger charge is -2.06. The van der Waals surface area contributed by atoms with E-state index in [0.717, 1.165) is 16.2 Å². The Labute approximate surface area is 119 Å². The molecule has 0 aliphatic heterocycles.